The summed E-state index contributed by atoms with van der Waals surface area (Å²) in [5.74, 6) is 0.725. The Hall–Kier alpha value is -1.89. The van der Waals surface area contributed by atoms with Gasteiger partial charge in [-0.05, 0) is 26.2 Å². The van der Waals surface area contributed by atoms with Crippen molar-refractivity contribution in [2.75, 3.05) is 11.9 Å². The van der Waals surface area contributed by atoms with E-state index in [9.17, 15) is 9.90 Å². The van der Waals surface area contributed by atoms with Gasteiger partial charge in [-0.1, -0.05) is 13.3 Å². The quantitative estimate of drug-likeness (QED) is 0.716. The second kappa shape index (κ2) is 6.71. The average Bonchev–Trinajstić information content (AvgIpc) is 2.83. The summed E-state index contributed by atoms with van der Waals surface area (Å²) in [5, 5.41) is 12.3. The first-order valence-corrected chi connectivity index (χ1v) is 7.37. The summed E-state index contributed by atoms with van der Waals surface area (Å²) in [6.45, 7) is 6.91. The highest BCUT2D eigenvalue weighted by Crippen LogP contribution is 2.13. The molecule has 0 aromatic carbocycles. The molecule has 21 heavy (non-hydrogen) atoms. The van der Waals surface area contributed by atoms with E-state index in [1.165, 1.54) is 0 Å². The van der Waals surface area contributed by atoms with Gasteiger partial charge in [-0.2, -0.15) is 4.98 Å². The second-order valence-electron chi connectivity index (χ2n) is 5.57. The molecule has 0 amide bonds. The third kappa shape index (κ3) is 3.60. The van der Waals surface area contributed by atoms with Gasteiger partial charge in [0.15, 0.2) is 5.52 Å². The molecule has 2 rings (SSSR count). The number of fused-ring (bicyclic) bond motifs is 1. The molecule has 0 fully saturated rings. The van der Waals surface area contributed by atoms with Gasteiger partial charge < -0.3 is 20.0 Å². The minimum absolute atomic E-state index is 0.181. The van der Waals surface area contributed by atoms with Crippen LogP contribution < -0.4 is 10.9 Å². The van der Waals surface area contributed by atoms with Crippen molar-refractivity contribution in [1.29, 1.82) is 0 Å². The molecule has 0 aliphatic carbocycles. The van der Waals surface area contributed by atoms with Crippen molar-refractivity contribution < 1.29 is 5.11 Å². The number of H-pyrrole nitrogens is 1. The largest absolute Gasteiger partial charge is 0.396 e. The molecular weight excluding hydrogens is 270 g/mol. The number of aliphatic hydroxyl groups is 1. The Morgan fingerprint density at radius 1 is 1.48 bits per heavy atom. The Balaban J connectivity index is 2.28. The Kier molecular flexibility index (Phi) is 4.95. The van der Waals surface area contributed by atoms with E-state index >= 15 is 0 Å². The van der Waals surface area contributed by atoms with Crippen LogP contribution in [0, 0.1) is 5.92 Å². The molecule has 0 spiro atoms. The molecule has 1 unspecified atom stereocenters. The average molecular weight is 293 g/mol. The zero-order valence-electron chi connectivity index (χ0n) is 12.8. The molecule has 2 aromatic heterocycles. The SMILES string of the molecule is CCC(CO)CCn1cnc2c(=O)nc(NC(C)C)[nH]c21. The highest BCUT2D eigenvalue weighted by atomic mass is 16.3. The molecule has 7 heteroatoms. The molecule has 3 N–H and O–H groups in total. The number of imidazole rings is 1. The number of nitrogens with one attached hydrogen (secondary N) is 2. The summed E-state index contributed by atoms with van der Waals surface area (Å²) in [6.07, 6.45) is 3.42. The number of aliphatic hydroxyl groups excluding tert-OH is 1. The topological polar surface area (TPSA) is 95.8 Å². The maximum Gasteiger partial charge on any atom is 0.302 e. The molecule has 0 saturated heterocycles. The van der Waals surface area contributed by atoms with E-state index in [1.807, 2.05) is 18.4 Å². The Morgan fingerprint density at radius 3 is 2.86 bits per heavy atom. The summed E-state index contributed by atoms with van der Waals surface area (Å²) in [6, 6.07) is 0.181. The van der Waals surface area contributed by atoms with E-state index in [-0.39, 0.29) is 24.1 Å². The lowest BCUT2D eigenvalue weighted by Crippen LogP contribution is -2.18. The number of aryl methyl sites for hydroxylation is 1. The van der Waals surface area contributed by atoms with Gasteiger partial charge in [-0.3, -0.25) is 4.79 Å². The second-order valence-corrected chi connectivity index (χ2v) is 5.57. The molecule has 116 valence electrons. The zero-order chi connectivity index (χ0) is 15.4. The van der Waals surface area contributed by atoms with Crippen molar-refractivity contribution in [2.45, 2.75) is 46.2 Å². The molecule has 0 aliphatic heterocycles. The van der Waals surface area contributed by atoms with Crippen LogP contribution in [0.3, 0.4) is 0 Å². The third-order valence-corrected chi connectivity index (χ3v) is 3.53. The third-order valence-electron chi connectivity index (χ3n) is 3.53. The van der Waals surface area contributed by atoms with Crippen LogP contribution in [0.1, 0.15) is 33.6 Å². The van der Waals surface area contributed by atoms with Gasteiger partial charge in [0.05, 0.1) is 6.33 Å². The van der Waals surface area contributed by atoms with Crippen molar-refractivity contribution in [3.05, 3.63) is 16.7 Å². The molecule has 0 saturated carbocycles. The summed E-state index contributed by atoms with van der Waals surface area (Å²) in [4.78, 5) is 23.2. The van der Waals surface area contributed by atoms with Gasteiger partial charge in [0.25, 0.3) is 0 Å². The van der Waals surface area contributed by atoms with Gasteiger partial charge >= 0.3 is 5.56 Å². The molecule has 1 atom stereocenters. The standard InChI is InChI=1S/C14H23N5O2/c1-4-10(7-20)5-6-19-8-15-11-12(19)17-14(16-9(2)3)18-13(11)21/h8-10,20H,4-7H2,1-3H3,(H2,16,17,18,21). The van der Waals surface area contributed by atoms with E-state index in [0.29, 0.717) is 23.7 Å². The fourth-order valence-electron chi connectivity index (χ4n) is 2.22. The number of hydrogen-bond donors (Lipinski definition) is 3. The van der Waals surface area contributed by atoms with Crippen molar-refractivity contribution in [2.24, 2.45) is 5.92 Å². The smallest absolute Gasteiger partial charge is 0.302 e. The summed E-state index contributed by atoms with van der Waals surface area (Å²) in [7, 11) is 0. The molecule has 2 aromatic rings. The molecule has 0 aliphatic rings. The Morgan fingerprint density at radius 2 is 2.24 bits per heavy atom. The fourth-order valence-corrected chi connectivity index (χ4v) is 2.22. The first-order valence-electron chi connectivity index (χ1n) is 7.37. The van der Waals surface area contributed by atoms with Crippen molar-refractivity contribution in [3.8, 4) is 0 Å². The molecule has 2 heterocycles. The Labute approximate surface area is 123 Å². The first kappa shape index (κ1) is 15.5. The molecule has 0 radical (unpaired) electrons. The lowest BCUT2D eigenvalue weighted by Gasteiger charge is -2.12. The Bertz CT molecular complexity index is 642. The summed E-state index contributed by atoms with van der Waals surface area (Å²) in [5.41, 5.74) is 0.687. The lowest BCUT2D eigenvalue weighted by atomic mass is 10.0. The predicted octanol–water partition coefficient (Wildman–Crippen LogP) is 1.35. The number of anilines is 1. The van der Waals surface area contributed by atoms with E-state index in [0.717, 1.165) is 12.8 Å². The van der Waals surface area contributed by atoms with Gasteiger partial charge in [0.1, 0.15) is 5.65 Å². The highest BCUT2D eigenvalue weighted by molar-refractivity contribution is 5.70. The van der Waals surface area contributed by atoms with Gasteiger partial charge in [-0.25, -0.2) is 4.98 Å². The molecule has 0 bridgehead atoms. The van der Waals surface area contributed by atoms with Gasteiger partial charge in [-0.15, -0.1) is 0 Å². The van der Waals surface area contributed by atoms with Crippen LogP contribution in [0.2, 0.25) is 0 Å². The molecular formula is C14H23N5O2. The van der Waals surface area contributed by atoms with Crippen LogP contribution in [-0.4, -0.2) is 37.3 Å². The first-order chi connectivity index (χ1) is 10.0. The van der Waals surface area contributed by atoms with Gasteiger partial charge in [0, 0.05) is 19.2 Å². The minimum atomic E-state index is -0.333. The normalized spacial score (nSPS) is 13.0. The number of nitrogens with zero attached hydrogens (tertiary/aromatic N) is 3. The summed E-state index contributed by atoms with van der Waals surface area (Å²) >= 11 is 0. The van der Waals surface area contributed by atoms with E-state index in [1.54, 1.807) is 6.33 Å². The number of aromatic nitrogens is 4. The number of aromatic amines is 1. The minimum Gasteiger partial charge on any atom is -0.396 e. The van der Waals surface area contributed by atoms with Crippen LogP contribution >= 0.6 is 0 Å². The predicted molar refractivity (Wildman–Crippen MR) is 82.4 cm³/mol. The van der Waals surface area contributed by atoms with Crippen LogP contribution in [0.5, 0.6) is 0 Å². The van der Waals surface area contributed by atoms with Gasteiger partial charge in [0.2, 0.25) is 5.95 Å². The maximum atomic E-state index is 12.0. The maximum absolute atomic E-state index is 12.0. The lowest BCUT2D eigenvalue weighted by molar-refractivity contribution is 0.210. The van der Waals surface area contributed by atoms with Crippen molar-refractivity contribution in [3.63, 3.8) is 0 Å². The number of rotatable bonds is 7. The van der Waals surface area contributed by atoms with E-state index < -0.39 is 0 Å². The van der Waals surface area contributed by atoms with Crippen LogP contribution in [-0.2, 0) is 6.54 Å². The number of hydrogen-bond acceptors (Lipinski definition) is 5. The highest BCUT2D eigenvalue weighted by Gasteiger charge is 2.12. The van der Waals surface area contributed by atoms with Crippen molar-refractivity contribution >= 4 is 17.1 Å². The fraction of sp³-hybridized carbons (Fsp3) is 0.643. The van der Waals surface area contributed by atoms with Crippen molar-refractivity contribution in [1.82, 2.24) is 19.5 Å². The zero-order valence-corrected chi connectivity index (χ0v) is 12.8. The monoisotopic (exact) mass is 293 g/mol. The van der Waals surface area contributed by atoms with E-state index in [2.05, 4.69) is 27.2 Å². The van der Waals surface area contributed by atoms with Crippen LogP contribution in [0.25, 0.3) is 11.2 Å². The molecule has 7 nitrogen and oxygen atoms in total. The van der Waals surface area contributed by atoms with Crippen LogP contribution in [0.15, 0.2) is 11.1 Å². The summed E-state index contributed by atoms with van der Waals surface area (Å²) < 4.78 is 1.90. The van der Waals surface area contributed by atoms with Crippen LogP contribution in [0.4, 0.5) is 5.95 Å². The van der Waals surface area contributed by atoms with E-state index in [4.69, 9.17) is 0 Å².